The van der Waals surface area contributed by atoms with Gasteiger partial charge in [0.15, 0.2) is 0 Å². The second kappa shape index (κ2) is 20.3. The van der Waals surface area contributed by atoms with E-state index in [1.54, 1.807) is 6.92 Å². The molecule has 3 N–H and O–H groups in total. The van der Waals surface area contributed by atoms with Gasteiger partial charge in [-0.15, -0.1) is 0 Å². The third-order valence-electron chi connectivity index (χ3n) is 4.54. The molecule has 0 spiro atoms. The van der Waals surface area contributed by atoms with Crippen LogP contribution in [0, 0.1) is 10.8 Å². The van der Waals surface area contributed by atoms with Gasteiger partial charge in [0.25, 0.3) is 0 Å². The molecule has 0 aliphatic heterocycles. The molecule has 0 aliphatic carbocycles. The largest absolute Gasteiger partial charge is 0.481 e. The summed E-state index contributed by atoms with van der Waals surface area (Å²) >= 11 is 0. The zero-order valence-corrected chi connectivity index (χ0v) is 21.4. The van der Waals surface area contributed by atoms with Crippen molar-refractivity contribution in [3.8, 4) is 0 Å². The smallest absolute Gasteiger partial charge is 0.330 e. The van der Waals surface area contributed by atoms with E-state index >= 15 is 0 Å². The molecule has 214 valence electrons. The number of carboxylic acids is 1. The lowest BCUT2D eigenvalue weighted by Crippen LogP contribution is -2.45. The summed E-state index contributed by atoms with van der Waals surface area (Å²) in [7, 11) is 0. The maximum Gasteiger partial charge on any atom is 0.330 e. The van der Waals surface area contributed by atoms with Crippen molar-refractivity contribution < 1.29 is 63.0 Å². The van der Waals surface area contributed by atoms with Crippen LogP contribution in [-0.2, 0) is 47.7 Å². The van der Waals surface area contributed by atoms with Crippen LogP contribution in [0.1, 0.15) is 13.3 Å². The summed E-state index contributed by atoms with van der Waals surface area (Å²) in [5, 5.41) is 27.6. The van der Waals surface area contributed by atoms with Crippen molar-refractivity contribution in [3.05, 3.63) is 50.6 Å². The van der Waals surface area contributed by atoms with Crippen LogP contribution in [-0.4, -0.2) is 98.0 Å². The number of hydrogen-bond acceptors (Lipinski definition) is 12. The van der Waals surface area contributed by atoms with E-state index in [2.05, 4.69) is 26.3 Å². The van der Waals surface area contributed by atoms with Gasteiger partial charge in [0.2, 0.25) is 0 Å². The van der Waals surface area contributed by atoms with Crippen LogP contribution in [0.4, 0.5) is 0 Å². The van der Waals surface area contributed by atoms with Crippen molar-refractivity contribution >= 4 is 29.8 Å². The normalized spacial score (nSPS) is 10.5. The van der Waals surface area contributed by atoms with E-state index in [1.807, 2.05) is 0 Å². The van der Waals surface area contributed by atoms with Gasteiger partial charge in [-0.1, -0.05) is 33.2 Å². The summed E-state index contributed by atoms with van der Waals surface area (Å²) in [5.74, 6) is -3.86. The third-order valence-corrected chi connectivity index (χ3v) is 4.54. The van der Waals surface area contributed by atoms with Gasteiger partial charge in [-0.2, -0.15) is 0 Å². The quantitative estimate of drug-likeness (QED) is 0.115. The van der Waals surface area contributed by atoms with E-state index in [0.29, 0.717) is 0 Å². The average molecular weight is 545 g/mol. The molecule has 0 heterocycles. The Labute approximate surface area is 221 Å². The molecule has 0 saturated carbocycles. The molecular weight excluding hydrogens is 508 g/mol. The van der Waals surface area contributed by atoms with Crippen LogP contribution in [0.5, 0.6) is 0 Å². The first kappa shape index (κ1) is 36.3. The highest BCUT2D eigenvalue weighted by molar-refractivity contribution is 5.82. The minimum atomic E-state index is -1.38. The standard InChI is InChI=1S/C22H30O11.C3H6O2/c1-5-17(25)30-13-21(9-23,14-31-18(26)6-2)11-29-12-22(10-24,15-32-19(27)7-3)16-33-20(28)8-4;1-2-3(4)5/h5-8,23-24H,1-4,9-16H2;2H2,1H3,(H,4,5). The summed E-state index contributed by atoms with van der Waals surface area (Å²) in [4.78, 5) is 55.2. The number of carbonyl (C=O) groups excluding carboxylic acids is 4. The Morgan fingerprint density at radius 1 is 0.605 bits per heavy atom. The third kappa shape index (κ3) is 16.0. The molecule has 0 aromatic heterocycles. The van der Waals surface area contributed by atoms with E-state index in [-0.39, 0.29) is 19.6 Å². The van der Waals surface area contributed by atoms with E-state index < -0.39 is 80.3 Å². The van der Waals surface area contributed by atoms with Crippen LogP contribution in [0.25, 0.3) is 0 Å². The molecular formula is C25H36O13. The van der Waals surface area contributed by atoms with E-state index in [0.717, 1.165) is 24.3 Å². The topological polar surface area (TPSA) is 192 Å². The molecule has 13 nitrogen and oxygen atoms in total. The monoisotopic (exact) mass is 544 g/mol. The summed E-state index contributed by atoms with van der Waals surface area (Å²) in [6.07, 6.45) is 3.88. The van der Waals surface area contributed by atoms with Crippen LogP contribution in [0.2, 0.25) is 0 Å². The highest BCUT2D eigenvalue weighted by atomic mass is 16.6. The Morgan fingerprint density at radius 3 is 1.00 bits per heavy atom. The minimum Gasteiger partial charge on any atom is -0.481 e. The van der Waals surface area contributed by atoms with Crippen molar-refractivity contribution in [2.24, 2.45) is 10.8 Å². The number of carboxylic acid groups (broad SMARTS) is 1. The lowest BCUT2D eigenvalue weighted by molar-refractivity contribution is -0.162. The lowest BCUT2D eigenvalue weighted by Gasteiger charge is -2.34. The Kier molecular flexibility index (Phi) is 19.4. The molecule has 13 heteroatoms. The predicted molar refractivity (Wildman–Crippen MR) is 132 cm³/mol. The highest BCUT2D eigenvalue weighted by Gasteiger charge is 2.38. The molecule has 0 atom stereocenters. The Hall–Kier alpha value is -3.81. The van der Waals surface area contributed by atoms with Gasteiger partial charge in [-0.25, -0.2) is 19.2 Å². The maximum absolute atomic E-state index is 11.5. The molecule has 0 bridgehead atoms. The van der Waals surface area contributed by atoms with Crippen LogP contribution >= 0.6 is 0 Å². The van der Waals surface area contributed by atoms with E-state index in [9.17, 15) is 34.2 Å². The van der Waals surface area contributed by atoms with Gasteiger partial charge >= 0.3 is 29.8 Å². The second-order valence-corrected chi connectivity index (χ2v) is 7.80. The Balaban J connectivity index is 0. The van der Waals surface area contributed by atoms with E-state index in [1.165, 1.54) is 0 Å². The Bertz CT molecular complexity index is 723. The highest BCUT2D eigenvalue weighted by Crippen LogP contribution is 2.24. The van der Waals surface area contributed by atoms with Gasteiger partial charge in [-0.3, -0.25) is 4.79 Å². The first-order chi connectivity index (χ1) is 17.9. The van der Waals surface area contributed by atoms with Crippen molar-refractivity contribution in [3.63, 3.8) is 0 Å². The van der Waals surface area contributed by atoms with Crippen molar-refractivity contribution in [1.29, 1.82) is 0 Å². The van der Waals surface area contributed by atoms with Crippen molar-refractivity contribution in [1.82, 2.24) is 0 Å². The molecule has 38 heavy (non-hydrogen) atoms. The molecule has 0 aliphatic rings. The zero-order chi connectivity index (χ0) is 29.6. The van der Waals surface area contributed by atoms with Crippen molar-refractivity contribution in [2.45, 2.75) is 13.3 Å². The number of esters is 4. The first-order valence-corrected chi connectivity index (χ1v) is 11.1. The predicted octanol–water partition coefficient (Wildman–Crippen LogP) is 0.358. The summed E-state index contributed by atoms with van der Waals surface area (Å²) in [6.45, 7) is 11.2. The average Bonchev–Trinajstić information content (AvgIpc) is 2.94. The number of hydrogen-bond donors (Lipinski definition) is 3. The molecule has 0 radical (unpaired) electrons. The fourth-order valence-corrected chi connectivity index (χ4v) is 2.14. The lowest BCUT2D eigenvalue weighted by atomic mass is 9.90. The minimum absolute atomic E-state index is 0.222. The molecule has 0 aromatic carbocycles. The number of aliphatic carboxylic acids is 1. The summed E-state index contributed by atoms with van der Waals surface area (Å²) in [5.41, 5.74) is -2.76. The second-order valence-electron chi connectivity index (χ2n) is 7.80. The van der Waals surface area contributed by atoms with Gasteiger partial charge in [-0.05, 0) is 0 Å². The van der Waals surface area contributed by atoms with Gasteiger partial charge in [0, 0.05) is 30.7 Å². The number of aliphatic hydroxyl groups is 2. The summed E-state index contributed by atoms with van der Waals surface area (Å²) in [6, 6.07) is 0. The molecule has 0 aromatic rings. The van der Waals surface area contributed by atoms with Crippen LogP contribution < -0.4 is 0 Å². The first-order valence-electron chi connectivity index (χ1n) is 11.1. The van der Waals surface area contributed by atoms with Gasteiger partial charge in [0.1, 0.15) is 26.4 Å². The number of aliphatic hydroxyl groups excluding tert-OH is 2. The molecule has 0 saturated heterocycles. The van der Waals surface area contributed by atoms with Gasteiger partial charge in [0.05, 0.1) is 37.3 Å². The van der Waals surface area contributed by atoms with Gasteiger partial charge < -0.3 is 39.0 Å². The van der Waals surface area contributed by atoms with Crippen LogP contribution in [0.3, 0.4) is 0 Å². The molecule has 0 amide bonds. The fraction of sp³-hybridized carbons (Fsp3) is 0.480. The number of ether oxygens (including phenoxy) is 5. The molecule has 0 fully saturated rings. The zero-order valence-electron chi connectivity index (χ0n) is 21.4. The fourth-order valence-electron chi connectivity index (χ4n) is 2.14. The molecule has 0 rings (SSSR count). The molecule has 0 unspecified atom stereocenters. The Morgan fingerprint density at radius 2 is 0.842 bits per heavy atom. The van der Waals surface area contributed by atoms with Crippen molar-refractivity contribution in [2.75, 3.05) is 52.9 Å². The van der Waals surface area contributed by atoms with Crippen LogP contribution in [0.15, 0.2) is 50.6 Å². The maximum atomic E-state index is 11.5. The summed E-state index contributed by atoms with van der Waals surface area (Å²) < 4.78 is 25.6. The number of carbonyl (C=O) groups is 5. The number of rotatable bonds is 19. The SMILES string of the molecule is C=CC(=O)OCC(CO)(COCC(CO)(COC(=O)C=C)COC(=O)C=C)COC(=O)C=C.CCC(=O)O. The van der Waals surface area contributed by atoms with E-state index in [4.69, 9.17) is 28.8 Å².